The molecule has 15 heavy (non-hydrogen) atoms. The molecule has 0 heterocycles. The maximum Gasteiger partial charge on any atom is 0.159 e. The van der Waals surface area contributed by atoms with E-state index >= 15 is 0 Å². The van der Waals surface area contributed by atoms with Gasteiger partial charge in [-0.2, -0.15) is 0 Å². The summed E-state index contributed by atoms with van der Waals surface area (Å²) in [4.78, 5) is 0. The molecule has 0 atom stereocenters. The first-order chi connectivity index (χ1) is 7.09. The highest BCUT2D eigenvalue weighted by atomic mass is 19.2. The van der Waals surface area contributed by atoms with Crippen molar-refractivity contribution >= 4 is 0 Å². The van der Waals surface area contributed by atoms with E-state index in [0.717, 1.165) is 18.4 Å². The third-order valence-corrected chi connectivity index (χ3v) is 1.99. The minimum absolute atomic E-state index is 0.591. The molecule has 0 radical (unpaired) electrons. The van der Waals surface area contributed by atoms with Crippen molar-refractivity contribution in [2.24, 2.45) is 5.92 Å². The molecule has 0 spiro atoms. The van der Waals surface area contributed by atoms with Crippen LogP contribution in [0.1, 0.15) is 39.7 Å². The van der Waals surface area contributed by atoms with Gasteiger partial charge in [0.2, 0.25) is 0 Å². The monoisotopic (exact) mass is 214 g/mol. The van der Waals surface area contributed by atoms with Crippen LogP contribution in [0.4, 0.5) is 8.78 Å². The number of hydrogen-bond donors (Lipinski definition) is 0. The average molecular weight is 214 g/mol. The third kappa shape index (κ3) is 5.50. The molecule has 1 rings (SSSR count). The first kappa shape index (κ1) is 14.1. The number of aryl methyl sites for hydroxylation is 1. The lowest BCUT2D eigenvalue weighted by Gasteiger charge is -2.04. The minimum Gasteiger partial charge on any atom is -0.204 e. The van der Waals surface area contributed by atoms with E-state index < -0.39 is 11.6 Å². The maximum atomic E-state index is 12.7. The smallest absolute Gasteiger partial charge is 0.159 e. The highest BCUT2D eigenvalue weighted by molar-refractivity contribution is 5.17. The Morgan fingerprint density at radius 1 is 1.07 bits per heavy atom. The molecule has 0 unspecified atom stereocenters. The number of rotatable bonds is 3. The molecule has 0 aliphatic heterocycles. The molecular weight excluding hydrogens is 194 g/mol. The van der Waals surface area contributed by atoms with Crippen molar-refractivity contribution < 1.29 is 8.78 Å². The lowest BCUT2D eigenvalue weighted by molar-refractivity contribution is 0.505. The van der Waals surface area contributed by atoms with E-state index in [2.05, 4.69) is 13.8 Å². The summed E-state index contributed by atoms with van der Waals surface area (Å²) in [7, 11) is 0. The molecule has 0 fully saturated rings. The van der Waals surface area contributed by atoms with Crippen LogP contribution in [0.2, 0.25) is 0 Å². The van der Waals surface area contributed by atoms with Crippen molar-refractivity contribution in [3.63, 3.8) is 0 Å². The van der Waals surface area contributed by atoms with Gasteiger partial charge in [0.1, 0.15) is 0 Å². The quantitative estimate of drug-likeness (QED) is 0.691. The first-order valence-electron chi connectivity index (χ1n) is 5.53. The van der Waals surface area contributed by atoms with E-state index in [1.165, 1.54) is 12.1 Å². The van der Waals surface area contributed by atoms with Crippen LogP contribution < -0.4 is 0 Å². The fraction of sp³-hybridized carbons (Fsp3) is 0.538. The predicted octanol–water partition coefficient (Wildman–Crippen LogP) is 4.58. The van der Waals surface area contributed by atoms with Crippen LogP contribution in [-0.2, 0) is 6.42 Å². The molecule has 0 aliphatic rings. The van der Waals surface area contributed by atoms with Gasteiger partial charge in [0.25, 0.3) is 0 Å². The van der Waals surface area contributed by atoms with Gasteiger partial charge < -0.3 is 0 Å². The molecule has 0 saturated carbocycles. The zero-order valence-corrected chi connectivity index (χ0v) is 9.98. The standard InChI is InChI=1S/C11H14F2.C2H6/c1-8(2)3-4-9-5-6-10(12)11(13)7-9;1-2/h5-8H,3-4H2,1-2H3;1-2H3. The summed E-state index contributed by atoms with van der Waals surface area (Å²) in [6, 6.07) is 4.10. The van der Waals surface area contributed by atoms with Gasteiger partial charge in [-0.15, -0.1) is 0 Å². The molecule has 0 saturated heterocycles. The molecule has 0 nitrogen and oxygen atoms in total. The first-order valence-corrected chi connectivity index (χ1v) is 5.53. The predicted molar refractivity (Wildman–Crippen MR) is 60.9 cm³/mol. The highest BCUT2D eigenvalue weighted by Gasteiger charge is 2.02. The topological polar surface area (TPSA) is 0 Å². The van der Waals surface area contributed by atoms with E-state index in [1.54, 1.807) is 6.07 Å². The number of halogens is 2. The van der Waals surface area contributed by atoms with Crippen molar-refractivity contribution in [3.8, 4) is 0 Å². The van der Waals surface area contributed by atoms with Crippen LogP contribution in [0.15, 0.2) is 18.2 Å². The lowest BCUT2D eigenvalue weighted by Crippen LogP contribution is -1.94. The summed E-state index contributed by atoms with van der Waals surface area (Å²) in [6.45, 7) is 8.22. The van der Waals surface area contributed by atoms with Crippen LogP contribution in [-0.4, -0.2) is 0 Å². The second-order valence-corrected chi connectivity index (χ2v) is 3.68. The van der Waals surface area contributed by atoms with Gasteiger partial charge in [-0.05, 0) is 36.5 Å². The molecule has 0 amide bonds. The molecule has 2 heteroatoms. The Balaban J connectivity index is 0.000000921. The van der Waals surface area contributed by atoms with Gasteiger partial charge in [-0.3, -0.25) is 0 Å². The maximum absolute atomic E-state index is 12.7. The fourth-order valence-corrected chi connectivity index (χ4v) is 1.15. The Labute approximate surface area is 91.3 Å². The molecular formula is C13H20F2. The SMILES string of the molecule is CC.CC(C)CCc1ccc(F)c(F)c1. The third-order valence-electron chi connectivity index (χ3n) is 1.99. The molecule has 1 aromatic rings. The lowest BCUT2D eigenvalue weighted by atomic mass is 10.0. The summed E-state index contributed by atoms with van der Waals surface area (Å²) in [5.74, 6) is -0.928. The zero-order chi connectivity index (χ0) is 11.8. The summed E-state index contributed by atoms with van der Waals surface area (Å²) >= 11 is 0. The van der Waals surface area contributed by atoms with E-state index in [-0.39, 0.29) is 0 Å². The Morgan fingerprint density at radius 2 is 1.67 bits per heavy atom. The average Bonchev–Trinajstić information content (AvgIpc) is 2.23. The largest absolute Gasteiger partial charge is 0.204 e. The number of hydrogen-bond acceptors (Lipinski definition) is 0. The summed E-state index contributed by atoms with van der Waals surface area (Å²) in [5.41, 5.74) is 0.868. The summed E-state index contributed by atoms with van der Waals surface area (Å²) < 4.78 is 25.3. The summed E-state index contributed by atoms with van der Waals surface area (Å²) in [5, 5.41) is 0. The Morgan fingerprint density at radius 3 is 2.13 bits per heavy atom. The molecule has 0 aliphatic carbocycles. The summed E-state index contributed by atoms with van der Waals surface area (Å²) in [6.07, 6.45) is 1.82. The Bertz CT molecular complexity index is 280. The van der Waals surface area contributed by atoms with Crippen molar-refractivity contribution in [1.29, 1.82) is 0 Å². The van der Waals surface area contributed by atoms with Crippen molar-refractivity contribution in [3.05, 3.63) is 35.4 Å². The highest BCUT2D eigenvalue weighted by Crippen LogP contribution is 2.12. The van der Waals surface area contributed by atoms with Crippen LogP contribution in [0.25, 0.3) is 0 Å². The van der Waals surface area contributed by atoms with Gasteiger partial charge >= 0.3 is 0 Å². The molecule has 0 aromatic heterocycles. The van der Waals surface area contributed by atoms with Crippen LogP contribution in [0, 0.1) is 17.6 Å². The molecule has 0 bridgehead atoms. The fourth-order valence-electron chi connectivity index (χ4n) is 1.15. The molecule has 0 N–H and O–H groups in total. The Hall–Kier alpha value is -0.920. The van der Waals surface area contributed by atoms with E-state index in [0.29, 0.717) is 5.92 Å². The van der Waals surface area contributed by atoms with Gasteiger partial charge in [0.05, 0.1) is 0 Å². The van der Waals surface area contributed by atoms with E-state index in [4.69, 9.17) is 0 Å². The van der Waals surface area contributed by atoms with Crippen molar-refractivity contribution in [2.75, 3.05) is 0 Å². The van der Waals surface area contributed by atoms with Crippen LogP contribution in [0.5, 0.6) is 0 Å². The Kier molecular flexibility index (Phi) is 6.93. The minimum atomic E-state index is -0.770. The van der Waals surface area contributed by atoms with Crippen molar-refractivity contribution in [1.82, 2.24) is 0 Å². The van der Waals surface area contributed by atoms with Gasteiger partial charge in [-0.25, -0.2) is 8.78 Å². The van der Waals surface area contributed by atoms with Crippen LogP contribution >= 0.6 is 0 Å². The van der Waals surface area contributed by atoms with Gasteiger partial charge in [0.15, 0.2) is 11.6 Å². The van der Waals surface area contributed by atoms with E-state index in [9.17, 15) is 8.78 Å². The van der Waals surface area contributed by atoms with Crippen LogP contribution in [0.3, 0.4) is 0 Å². The second kappa shape index (κ2) is 7.38. The van der Waals surface area contributed by atoms with Gasteiger partial charge in [-0.1, -0.05) is 33.8 Å². The zero-order valence-electron chi connectivity index (χ0n) is 9.98. The van der Waals surface area contributed by atoms with E-state index in [1.807, 2.05) is 13.8 Å². The van der Waals surface area contributed by atoms with Gasteiger partial charge in [0, 0.05) is 0 Å². The number of benzene rings is 1. The second-order valence-electron chi connectivity index (χ2n) is 3.68. The normalized spacial score (nSPS) is 9.80. The molecule has 1 aromatic carbocycles. The van der Waals surface area contributed by atoms with Crippen molar-refractivity contribution in [2.45, 2.75) is 40.5 Å². The molecule has 86 valence electrons.